The highest BCUT2D eigenvalue weighted by molar-refractivity contribution is 6.01. The van der Waals surface area contributed by atoms with Gasteiger partial charge in [-0.05, 0) is 29.8 Å². The van der Waals surface area contributed by atoms with Crippen molar-refractivity contribution in [2.45, 2.75) is 6.54 Å². The number of nitrogens with zero attached hydrogens (tertiary/aromatic N) is 3. The average Bonchev–Trinajstić information content (AvgIpc) is 3.42. The number of hydrogen-bond donors (Lipinski definition) is 1. The number of carbonyl (C=O) groups excluding carboxylic acids is 1. The molecule has 32 heavy (non-hydrogen) atoms. The van der Waals surface area contributed by atoms with E-state index in [4.69, 9.17) is 4.42 Å². The van der Waals surface area contributed by atoms with Crippen molar-refractivity contribution in [3.8, 4) is 6.07 Å². The number of nitrogens with one attached hydrogen (secondary N) is 1. The normalized spacial score (nSPS) is 11.2. The highest BCUT2D eigenvalue weighted by Gasteiger charge is 2.12. The predicted octanol–water partition coefficient (Wildman–Crippen LogP) is 5.07. The summed E-state index contributed by atoms with van der Waals surface area (Å²) in [5.74, 6) is -0.206. The lowest BCUT2D eigenvalue weighted by Gasteiger charge is -2.07. The van der Waals surface area contributed by atoms with Crippen molar-refractivity contribution in [1.29, 1.82) is 5.26 Å². The molecular weight excluding hydrogens is 400 g/mol. The molecule has 0 saturated carbocycles. The molecule has 0 unspecified atom stereocenters. The molecule has 0 spiro atoms. The van der Waals surface area contributed by atoms with Gasteiger partial charge in [-0.25, -0.2) is 5.43 Å². The highest BCUT2D eigenvalue weighted by Crippen LogP contribution is 2.22. The topological polar surface area (TPSA) is 83.3 Å². The maximum atomic E-state index is 12.4. The van der Waals surface area contributed by atoms with E-state index in [1.807, 2.05) is 79.0 Å². The summed E-state index contributed by atoms with van der Waals surface area (Å²) in [4.78, 5) is 12.4. The summed E-state index contributed by atoms with van der Waals surface area (Å²) in [5, 5.41) is 15.4. The number of carbonyl (C=O) groups is 1. The number of benzene rings is 3. The fraction of sp³-hybridized carbons (Fsp3) is 0.0385. The Morgan fingerprint density at radius 1 is 1.06 bits per heavy atom. The van der Waals surface area contributed by atoms with Crippen LogP contribution in [-0.2, 0) is 6.54 Å². The Bertz CT molecular complexity index is 1480. The molecule has 5 aromatic rings. The van der Waals surface area contributed by atoms with E-state index in [9.17, 15) is 10.1 Å². The summed E-state index contributed by atoms with van der Waals surface area (Å²) >= 11 is 0. The molecule has 2 aromatic heterocycles. The SMILES string of the molecule is N#Cc1ccccc1Cn1cc(C=NNC(=O)c2cc3ccccc3o2)c2ccccc21. The molecule has 0 radical (unpaired) electrons. The van der Waals surface area contributed by atoms with Crippen LogP contribution < -0.4 is 5.43 Å². The van der Waals surface area contributed by atoms with E-state index < -0.39 is 5.91 Å². The average molecular weight is 418 g/mol. The summed E-state index contributed by atoms with van der Waals surface area (Å²) < 4.78 is 7.66. The summed E-state index contributed by atoms with van der Waals surface area (Å²) in [7, 11) is 0. The molecule has 0 aliphatic heterocycles. The highest BCUT2D eigenvalue weighted by atomic mass is 16.3. The zero-order valence-electron chi connectivity index (χ0n) is 17.0. The fourth-order valence-corrected chi connectivity index (χ4v) is 3.77. The third kappa shape index (κ3) is 3.64. The first-order chi connectivity index (χ1) is 15.7. The first kappa shape index (κ1) is 19.3. The lowest BCUT2D eigenvalue weighted by molar-refractivity contribution is 0.0929. The van der Waals surface area contributed by atoms with Gasteiger partial charge < -0.3 is 8.98 Å². The van der Waals surface area contributed by atoms with Crippen molar-refractivity contribution in [1.82, 2.24) is 9.99 Å². The molecule has 3 aromatic carbocycles. The van der Waals surface area contributed by atoms with Gasteiger partial charge in [-0.2, -0.15) is 10.4 Å². The first-order valence-electron chi connectivity index (χ1n) is 10.1. The minimum atomic E-state index is -0.413. The standard InChI is InChI=1S/C26H18N4O2/c27-14-19-8-1-2-9-20(19)16-30-17-21(22-10-4-5-11-23(22)30)15-28-29-26(31)25-13-18-7-3-6-12-24(18)32-25/h1-13,15,17H,16H2,(H,29,31). The van der Waals surface area contributed by atoms with E-state index in [1.54, 1.807) is 12.3 Å². The van der Waals surface area contributed by atoms with Gasteiger partial charge in [0, 0.05) is 34.6 Å². The maximum Gasteiger partial charge on any atom is 0.307 e. The largest absolute Gasteiger partial charge is 0.451 e. The Balaban J connectivity index is 1.40. The second-order valence-corrected chi connectivity index (χ2v) is 7.35. The lowest BCUT2D eigenvalue weighted by atomic mass is 10.1. The van der Waals surface area contributed by atoms with Gasteiger partial charge in [0.15, 0.2) is 5.76 Å². The number of hydrazone groups is 1. The molecule has 0 saturated heterocycles. The molecule has 0 bridgehead atoms. The fourth-order valence-electron chi connectivity index (χ4n) is 3.77. The van der Waals surface area contributed by atoms with Gasteiger partial charge in [-0.3, -0.25) is 4.79 Å². The number of nitriles is 1. The van der Waals surface area contributed by atoms with Crippen LogP contribution in [0.4, 0.5) is 0 Å². The van der Waals surface area contributed by atoms with E-state index in [0.29, 0.717) is 17.7 Å². The molecule has 1 N–H and O–H groups in total. The molecule has 6 nitrogen and oxygen atoms in total. The van der Waals surface area contributed by atoms with E-state index in [-0.39, 0.29) is 5.76 Å². The minimum absolute atomic E-state index is 0.207. The zero-order chi connectivity index (χ0) is 21.9. The summed E-state index contributed by atoms with van der Waals surface area (Å²) in [6.45, 7) is 0.559. The number of hydrogen-bond acceptors (Lipinski definition) is 4. The van der Waals surface area contributed by atoms with E-state index in [0.717, 1.165) is 27.4 Å². The van der Waals surface area contributed by atoms with Crippen molar-refractivity contribution in [2.24, 2.45) is 5.10 Å². The molecule has 0 atom stereocenters. The monoisotopic (exact) mass is 418 g/mol. The number of furan rings is 1. The Labute approximate surface area is 184 Å². The van der Waals surface area contributed by atoms with Gasteiger partial charge in [0.2, 0.25) is 0 Å². The molecular formula is C26H18N4O2. The first-order valence-corrected chi connectivity index (χ1v) is 10.1. The number of fused-ring (bicyclic) bond motifs is 2. The van der Waals surface area contributed by atoms with Crippen molar-refractivity contribution >= 4 is 34.0 Å². The third-order valence-electron chi connectivity index (χ3n) is 5.32. The van der Waals surface area contributed by atoms with E-state index in [1.165, 1.54) is 0 Å². The number of aromatic nitrogens is 1. The van der Waals surface area contributed by atoms with Crippen LogP contribution in [0.2, 0.25) is 0 Å². The minimum Gasteiger partial charge on any atom is -0.451 e. The smallest absolute Gasteiger partial charge is 0.307 e. The maximum absolute atomic E-state index is 12.4. The van der Waals surface area contributed by atoms with Gasteiger partial charge >= 0.3 is 5.91 Å². The Kier molecular flexibility index (Phi) is 4.98. The van der Waals surface area contributed by atoms with Crippen molar-refractivity contribution in [2.75, 3.05) is 0 Å². The molecule has 2 heterocycles. The molecule has 6 heteroatoms. The molecule has 0 aliphatic carbocycles. The van der Waals surface area contributed by atoms with Gasteiger partial charge in [-0.1, -0.05) is 54.6 Å². The second kappa shape index (κ2) is 8.25. The zero-order valence-corrected chi connectivity index (χ0v) is 17.0. The van der Waals surface area contributed by atoms with Crippen LogP contribution >= 0.6 is 0 Å². The quantitative estimate of drug-likeness (QED) is 0.319. The summed E-state index contributed by atoms with van der Waals surface area (Å²) in [6.07, 6.45) is 3.59. The van der Waals surface area contributed by atoms with Crippen LogP contribution in [0.3, 0.4) is 0 Å². The summed E-state index contributed by atoms with van der Waals surface area (Å²) in [5.41, 5.74) is 6.66. The van der Waals surface area contributed by atoms with Crippen LogP contribution in [0, 0.1) is 11.3 Å². The van der Waals surface area contributed by atoms with Gasteiger partial charge in [0.25, 0.3) is 0 Å². The number of para-hydroxylation sites is 2. The Morgan fingerprint density at radius 2 is 1.84 bits per heavy atom. The predicted molar refractivity (Wildman–Crippen MR) is 123 cm³/mol. The molecule has 0 aliphatic rings. The molecule has 1 amide bonds. The molecule has 5 rings (SSSR count). The van der Waals surface area contributed by atoms with Crippen molar-refractivity contribution in [3.05, 3.63) is 108 Å². The molecule has 0 fully saturated rings. The Hall–Kier alpha value is -4.63. The summed E-state index contributed by atoms with van der Waals surface area (Å²) in [6, 6.07) is 26.9. The van der Waals surface area contributed by atoms with Gasteiger partial charge in [-0.15, -0.1) is 0 Å². The van der Waals surface area contributed by atoms with Crippen molar-refractivity contribution < 1.29 is 9.21 Å². The van der Waals surface area contributed by atoms with Crippen LogP contribution in [0.15, 0.2) is 94.6 Å². The van der Waals surface area contributed by atoms with Crippen LogP contribution in [-0.4, -0.2) is 16.7 Å². The lowest BCUT2D eigenvalue weighted by Crippen LogP contribution is -2.16. The number of rotatable bonds is 5. The van der Waals surface area contributed by atoms with E-state index >= 15 is 0 Å². The van der Waals surface area contributed by atoms with Crippen LogP contribution in [0.1, 0.15) is 27.2 Å². The van der Waals surface area contributed by atoms with Gasteiger partial charge in [0.05, 0.1) is 17.8 Å². The van der Waals surface area contributed by atoms with Crippen LogP contribution in [0.25, 0.3) is 21.9 Å². The Morgan fingerprint density at radius 3 is 2.72 bits per heavy atom. The van der Waals surface area contributed by atoms with Crippen LogP contribution in [0.5, 0.6) is 0 Å². The number of amides is 1. The van der Waals surface area contributed by atoms with Crippen molar-refractivity contribution in [3.63, 3.8) is 0 Å². The van der Waals surface area contributed by atoms with Gasteiger partial charge in [0.1, 0.15) is 5.58 Å². The second-order valence-electron chi connectivity index (χ2n) is 7.35. The molecule has 154 valence electrons. The third-order valence-corrected chi connectivity index (χ3v) is 5.32. The van der Waals surface area contributed by atoms with E-state index in [2.05, 4.69) is 21.2 Å².